The van der Waals surface area contributed by atoms with E-state index in [9.17, 15) is 8.78 Å². The first kappa shape index (κ1) is 12.6. The van der Waals surface area contributed by atoms with Crippen LogP contribution >= 0.6 is 11.8 Å². The molecule has 0 radical (unpaired) electrons. The van der Waals surface area contributed by atoms with Crippen LogP contribution in [0.3, 0.4) is 0 Å². The van der Waals surface area contributed by atoms with Crippen LogP contribution in [0.5, 0.6) is 5.75 Å². The third-order valence-corrected chi connectivity index (χ3v) is 4.08. The molecule has 1 heterocycles. The molecule has 0 amide bonds. The molecule has 2 atom stereocenters. The van der Waals surface area contributed by atoms with Gasteiger partial charge < -0.3 is 4.74 Å². The summed E-state index contributed by atoms with van der Waals surface area (Å²) in [5.41, 5.74) is 0.800. The molecule has 1 fully saturated rings. The smallest absolute Gasteiger partial charge is 0.387 e. The summed E-state index contributed by atoms with van der Waals surface area (Å²) in [4.78, 5) is 0. The highest BCUT2D eigenvalue weighted by Gasteiger charge is 2.26. The van der Waals surface area contributed by atoms with E-state index in [2.05, 4.69) is 17.0 Å². The summed E-state index contributed by atoms with van der Waals surface area (Å²) in [7, 11) is 0. The van der Waals surface area contributed by atoms with Crippen LogP contribution in [0.15, 0.2) is 24.3 Å². The van der Waals surface area contributed by atoms with Crippen molar-refractivity contribution < 1.29 is 13.5 Å². The fourth-order valence-electron chi connectivity index (χ4n) is 1.84. The number of para-hydroxylation sites is 1. The molecular weight excluding hydrogens is 244 g/mol. The van der Waals surface area contributed by atoms with Crippen molar-refractivity contribution in [2.45, 2.75) is 31.4 Å². The van der Waals surface area contributed by atoms with Gasteiger partial charge in [-0.15, -0.1) is 11.8 Å². The van der Waals surface area contributed by atoms with Gasteiger partial charge in [-0.25, -0.2) is 0 Å². The minimum Gasteiger partial charge on any atom is -0.434 e. The lowest BCUT2D eigenvalue weighted by Crippen LogP contribution is -2.25. The highest BCUT2D eigenvalue weighted by molar-refractivity contribution is 7.99. The molecule has 0 saturated carbocycles. The van der Waals surface area contributed by atoms with E-state index in [1.54, 1.807) is 23.9 Å². The van der Waals surface area contributed by atoms with Crippen LogP contribution in [0.25, 0.3) is 0 Å². The zero-order valence-electron chi connectivity index (χ0n) is 9.53. The molecule has 0 spiro atoms. The molecule has 1 aliphatic heterocycles. The molecule has 2 unspecified atom stereocenters. The molecule has 1 saturated heterocycles. The fourth-order valence-corrected chi connectivity index (χ4v) is 3.26. The molecule has 1 N–H and O–H groups in total. The van der Waals surface area contributed by atoms with E-state index in [4.69, 9.17) is 0 Å². The topological polar surface area (TPSA) is 21.3 Å². The second-order valence-electron chi connectivity index (χ2n) is 3.90. The van der Waals surface area contributed by atoms with Crippen molar-refractivity contribution in [1.82, 2.24) is 5.32 Å². The number of benzene rings is 1. The van der Waals surface area contributed by atoms with E-state index < -0.39 is 6.61 Å². The van der Waals surface area contributed by atoms with E-state index >= 15 is 0 Å². The quantitative estimate of drug-likeness (QED) is 0.895. The first-order valence-electron chi connectivity index (χ1n) is 5.62. The Bertz CT molecular complexity index is 375. The minimum atomic E-state index is -2.77. The summed E-state index contributed by atoms with van der Waals surface area (Å²) < 4.78 is 29.1. The molecular formula is C12H15F2NOS. The van der Waals surface area contributed by atoms with Crippen molar-refractivity contribution in [1.29, 1.82) is 0 Å². The average molecular weight is 259 g/mol. The van der Waals surface area contributed by atoms with Crippen molar-refractivity contribution in [3.05, 3.63) is 29.8 Å². The Morgan fingerprint density at radius 2 is 2.24 bits per heavy atom. The van der Waals surface area contributed by atoms with Crippen molar-refractivity contribution >= 4 is 11.8 Å². The Morgan fingerprint density at radius 3 is 2.88 bits per heavy atom. The maximum Gasteiger partial charge on any atom is 0.387 e. The number of rotatable bonds is 4. The van der Waals surface area contributed by atoms with E-state index in [1.165, 1.54) is 0 Å². The average Bonchev–Trinajstić information content (AvgIpc) is 2.77. The standard InChI is InChI=1S/C12H15F2NOS/c1-2-8-7-17-11(15-8)9-5-3-4-6-10(9)16-12(13)14/h3-6,8,11-12,15H,2,7H2,1H3. The Labute approximate surface area is 104 Å². The van der Waals surface area contributed by atoms with Crippen molar-refractivity contribution in [2.75, 3.05) is 5.75 Å². The molecule has 0 bridgehead atoms. The molecule has 0 aromatic heterocycles. The second kappa shape index (κ2) is 5.69. The molecule has 94 valence electrons. The van der Waals surface area contributed by atoms with Gasteiger partial charge in [-0.05, 0) is 12.5 Å². The van der Waals surface area contributed by atoms with E-state index in [0.717, 1.165) is 17.7 Å². The van der Waals surface area contributed by atoms with Gasteiger partial charge in [0.2, 0.25) is 0 Å². The van der Waals surface area contributed by atoms with Crippen molar-refractivity contribution in [2.24, 2.45) is 0 Å². The van der Waals surface area contributed by atoms with E-state index in [0.29, 0.717) is 6.04 Å². The number of alkyl halides is 2. The van der Waals surface area contributed by atoms with Crippen LogP contribution in [0.1, 0.15) is 24.3 Å². The third-order valence-electron chi connectivity index (χ3n) is 2.76. The summed E-state index contributed by atoms with van der Waals surface area (Å²) in [6.45, 7) is -0.660. The van der Waals surface area contributed by atoms with Gasteiger partial charge in [-0.1, -0.05) is 25.1 Å². The van der Waals surface area contributed by atoms with Crippen LogP contribution < -0.4 is 10.1 Å². The monoisotopic (exact) mass is 259 g/mol. The van der Waals surface area contributed by atoms with E-state index in [-0.39, 0.29) is 11.1 Å². The first-order chi connectivity index (χ1) is 8.20. The van der Waals surface area contributed by atoms with Crippen molar-refractivity contribution in [3.63, 3.8) is 0 Å². The van der Waals surface area contributed by atoms with Gasteiger partial charge in [-0.3, -0.25) is 5.32 Å². The zero-order valence-corrected chi connectivity index (χ0v) is 10.3. The maximum atomic E-state index is 12.3. The first-order valence-corrected chi connectivity index (χ1v) is 6.67. The number of hydrogen-bond acceptors (Lipinski definition) is 3. The summed E-state index contributed by atoms with van der Waals surface area (Å²) >= 11 is 1.73. The SMILES string of the molecule is CCC1CSC(c2ccccc2OC(F)F)N1. The number of ether oxygens (including phenoxy) is 1. The normalized spacial score (nSPS) is 24.2. The Kier molecular flexibility index (Phi) is 4.23. The zero-order chi connectivity index (χ0) is 12.3. The van der Waals surface area contributed by atoms with E-state index in [1.807, 2.05) is 12.1 Å². The predicted molar refractivity (Wildman–Crippen MR) is 65.5 cm³/mol. The molecule has 1 aromatic carbocycles. The Morgan fingerprint density at radius 1 is 1.47 bits per heavy atom. The Hall–Kier alpha value is -0.810. The molecule has 17 heavy (non-hydrogen) atoms. The number of nitrogens with one attached hydrogen (secondary N) is 1. The third kappa shape index (κ3) is 3.10. The maximum absolute atomic E-state index is 12.3. The van der Waals surface area contributed by atoms with Crippen molar-refractivity contribution in [3.8, 4) is 5.75 Å². The minimum absolute atomic E-state index is 0.0508. The molecule has 2 nitrogen and oxygen atoms in total. The number of halogens is 2. The highest BCUT2D eigenvalue weighted by atomic mass is 32.2. The predicted octanol–water partition coefficient (Wildman–Crippen LogP) is 3.40. The molecule has 5 heteroatoms. The summed E-state index contributed by atoms with van der Waals surface area (Å²) in [6, 6.07) is 7.42. The second-order valence-corrected chi connectivity index (χ2v) is 5.04. The summed E-state index contributed by atoms with van der Waals surface area (Å²) in [6.07, 6.45) is 1.04. The fraction of sp³-hybridized carbons (Fsp3) is 0.500. The largest absolute Gasteiger partial charge is 0.434 e. The Balaban J connectivity index is 2.14. The van der Waals surface area contributed by atoms with Gasteiger partial charge in [0.05, 0.1) is 5.37 Å². The van der Waals surface area contributed by atoms with Gasteiger partial charge in [0.25, 0.3) is 0 Å². The van der Waals surface area contributed by atoms with Crippen LogP contribution in [0.2, 0.25) is 0 Å². The van der Waals surface area contributed by atoms with Gasteiger partial charge in [-0.2, -0.15) is 8.78 Å². The lowest BCUT2D eigenvalue weighted by atomic mass is 10.2. The van der Waals surface area contributed by atoms with Crippen LogP contribution in [0, 0.1) is 0 Å². The van der Waals surface area contributed by atoms with Gasteiger partial charge in [0.1, 0.15) is 5.75 Å². The van der Waals surface area contributed by atoms with Crippen LogP contribution in [-0.2, 0) is 0 Å². The lowest BCUT2D eigenvalue weighted by molar-refractivity contribution is -0.0505. The number of thioether (sulfide) groups is 1. The molecule has 0 aliphatic carbocycles. The number of hydrogen-bond donors (Lipinski definition) is 1. The molecule has 1 aromatic rings. The van der Waals surface area contributed by atoms with Gasteiger partial charge in [0.15, 0.2) is 0 Å². The molecule has 1 aliphatic rings. The highest BCUT2D eigenvalue weighted by Crippen LogP contribution is 2.38. The summed E-state index contributed by atoms with van der Waals surface area (Å²) in [5.74, 6) is 1.27. The van der Waals surface area contributed by atoms with Gasteiger partial charge >= 0.3 is 6.61 Å². The molecule has 2 rings (SSSR count). The van der Waals surface area contributed by atoms with Crippen LogP contribution in [0.4, 0.5) is 8.78 Å². The summed E-state index contributed by atoms with van der Waals surface area (Å²) in [5, 5.41) is 3.46. The van der Waals surface area contributed by atoms with Gasteiger partial charge in [0, 0.05) is 17.4 Å². The lowest BCUT2D eigenvalue weighted by Gasteiger charge is -2.16. The van der Waals surface area contributed by atoms with Crippen LogP contribution in [-0.4, -0.2) is 18.4 Å².